The molecule has 118 valence electrons. The van der Waals surface area contributed by atoms with E-state index in [9.17, 15) is 9.59 Å². The summed E-state index contributed by atoms with van der Waals surface area (Å²) in [4.78, 5) is 25.7. The van der Waals surface area contributed by atoms with Gasteiger partial charge in [-0.05, 0) is 30.4 Å². The van der Waals surface area contributed by atoms with Crippen LogP contribution in [-0.2, 0) is 20.7 Å². The largest absolute Gasteiger partial charge is 0.481 e. The van der Waals surface area contributed by atoms with E-state index < -0.39 is 18.0 Å². The van der Waals surface area contributed by atoms with E-state index >= 15 is 0 Å². The number of hydrogen-bond acceptors (Lipinski definition) is 3. The Labute approximate surface area is 129 Å². The zero-order valence-corrected chi connectivity index (χ0v) is 12.7. The Hall–Kier alpha value is -1.88. The van der Waals surface area contributed by atoms with Crippen LogP contribution in [0, 0.1) is 5.92 Å². The summed E-state index contributed by atoms with van der Waals surface area (Å²) >= 11 is 0. The van der Waals surface area contributed by atoms with Gasteiger partial charge in [0.25, 0.3) is 5.91 Å². The van der Waals surface area contributed by atoms with Crippen LogP contribution in [0.4, 0.5) is 0 Å². The molecule has 0 bridgehead atoms. The number of nitrogens with zero attached hydrogens (tertiary/aromatic N) is 1. The highest BCUT2D eigenvalue weighted by molar-refractivity contribution is 5.84. The summed E-state index contributed by atoms with van der Waals surface area (Å²) in [6, 6.07) is 8.01. The molecule has 0 radical (unpaired) electrons. The van der Waals surface area contributed by atoms with E-state index in [2.05, 4.69) is 0 Å². The molecule has 1 aromatic rings. The minimum Gasteiger partial charge on any atom is -0.481 e. The van der Waals surface area contributed by atoms with Gasteiger partial charge >= 0.3 is 5.97 Å². The number of ether oxygens (including phenoxy) is 1. The van der Waals surface area contributed by atoms with Gasteiger partial charge in [0.15, 0.2) is 6.10 Å². The van der Waals surface area contributed by atoms with Crippen LogP contribution in [-0.4, -0.2) is 41.1 Å². The molecule has 1 fully saturated rings. The van der Waals surface area contributed by atoms with Crippen LogP contribution in [0.5, 0.6) is 0 Å². The third kappa shape index (κ3) is 2.99. The van der Waals surface area contributed by atoms with Crippen molar-refractivity contribution >= 4 is 11.9 Å². The van der Waals surface area contributed by atoms with Crippen molar-refractivity contribution in [2.45, 2.75) is 38.3 Å². The smallest absolute Gasteiger partial charge is 0.308 e. The second-order valence-corrected chi connectivity index (χ2v) is 6.16. The lowest BCUT2D eigenvalue weighted by Gasteiger charge is -2.32. The Balaban J connectivity index is 1.81. The number of benzene rings is 1. The predicted octanol–water partition coefficient (Wildman–Crippen LogP) is 2.01. The summed E-state index contributed by atoms with van der Waals surface area (Å²) in [5, 5.41) is 9.11. The minimum absolute atomic E-state index is 0.0947. The molecule has 3 rings (SSSR count). The first-order chi connectivity index (χ1) is 10.6. The molecule has 1 N–H and O–H groups in total. The predicted molar refractivity (Wildman–Crippen MR) is 80.4 cm³/mol. The SMILES string of the molecule is C[C@H](CN(C(=O)[C@@H]1OCCc2ccccc21)C1CC1)C(=O)O. The summed E-state index contributed by atoms with van der Waals surface area (Å²) in [6.45, 7) is 2.42. The highest BCUT2D eigenvalue weighted by Gasteiger charge is 2.39. The van der Waals surface area contributed by atoms with Crippen LogP contribution in [0.3, 0.4) is 0 Å². The summed E-state index contributed by atoms with van der Waals surface area (Å²) < 4.78 is 5.73. The lowest BCUT2D eigenvalue weighted by Crippen LogP contribution is -2.42. The maximum atomic E-state index is 12.9. The molecule has 0 unspecified atom stereocenters. The van der Waals surface area contributed by atoms with Crippen LogP contribution >= 0.6 is 0 Å². The Bertz CT molecular complexity index is 582. The van der Waals surface area contributed by atoms with E-state index in [0.29, 0.717) is 6.61 Å². The molecule has 1 aliphatic heterocycles. The second-order valence-electron chi connectivity index (χ2n) is 6.16. The number of aliphatic carboxylic acids is 1. The fourth-order valence-corrected chi connectivity index (χ4v) is 2.93. The molecule has 2 aliphatic rings. The van der Waals surface area contributed by atoms with E-state index in [0.717, 1.165) is 30.4 Å². The normalized spacial score (nSPS) is 21.8. The summed E-state index contributed by atoms with van der Waals surface area (Å²) in [5.41, 5.74) is 2.07. The molecule has 0 aromatic heterocycles. The van der Waals surface area contributed by atoms with Crippen LogP contribution < -0.4 is 0 Å². The number of rotatable bonds is 5. The van der Waals surface area contributed by atoms with Gasteiger partial charge in [-0.2, -0.15) is 0 Å². The molecule has 22 heavy (non-hydrogen) atoms. The van der Waals surface area contributed by atoms with Gasteiger partial charge in [-0.25, -0.2) is 0 Å². The Morgan fingerprint density at radius 3 is 2.77 bits per heavy atom. The van der Waals surface area contributed by atoms with E-state index in [1.165, 1.54) is 0 Å². The molecule has 1 aromatic carbocycles. The average Bonchev–Trinajstić information content (AvgIpc) is 3.35. The van der Waals surface area contributed by atoms with Crippen molar-refractivity contribution in [1.29, 1.82) is 0 Å². The van der Waals surface area contributed by atoms with Gasteiger partial charge in [0.2, 0.25) is 0 Å². The lowest BCUT2D eigenvalue weighted by molar-refractivity contribution is -0.149. The first-order valence-electron chi connectivity index (χ1n) is 7.80. The molecule has 1 amide bonds. The van der Waals surface area contributed by atoms with Gasteiger partial charge in [0, 0.05) is 12.6 Å². The number of carboxylic acids is 1. The topological polar surface area (TPSA) is 66.8 Å². The number of fused-ring (bicyclic) bond motifs is 1. The van der Waals surface area contributed by atoms with Crippen molar-refractivity contribution < 1.29 is 19.4 Å². The molecule has 5 nitrogen and oxygen atoms in total. The molecule has 0 spiro atoms. The van der Waals surface area contributed by atoms with E-state index in [4.69, 9.17) is 9.84 Å². The maximum absolute atomic E-state index is 12.9. The Kier molecular flexibility index (Phi) is 4.16. The number of carbonyl (C=O) groups excluding carboxylic acids is 1. The minimum atomic E-state index is -0.872. The zero-order chi connectivity index (χ0) is 15.7. The third-order valence-electron chi connectivity index (χ3n) is 4.38. The van der Waals surface area contributed by atoms with Crippen molar-refractivity contribution in [2.75, 3.05) is 13.2 Å². The lowest BCUT2D eigenvalue weighted by atomic mass is 9.96. The number of carboxylic acid groups (broad SMARTS) is 1. The molecular weight excluding hydrogens is 282 g/mol. The summed E-state index contributed by atoms with van der Waals surface area (Å²) in [5.74, 6) is -1.53. The number of hydrogen-bond donors (Lipinski definition) is 1. The monoisotopic (exact) mass is 303 g/mol. The van der Waals surface area contributed by atoms with Gasteiger partial charge < -0.3 is 14.7 Å². The summed E-state index contributed by atoms with van der Waals surface area (Å²) in [7, 11) is 0. The zero-order valence-electron chi connectivity index (χ0n) is 12.7. The van der Waals surface area contributed by atoms with Crippen molar-refractivity contribution in [3.63, 3.8) is 0 Å². The Morgan fingerprint density at radius 1 is 1.36 bits per heavy atom. The van der Waals surface area contributed by atoms with Gasteiger partial charge in [0.05, 0.1) is 12.5 Å². The molecule has 5 heteroatoms. The maximum Gasteiger partial charge on any atom is 0.308 e. The highest BCUT2D eigenvalue weighted by Crippen LogP contribution is 2.34. The van der Waals surface area contributed by atoms with Crippen molar-refractivity contribution in [3.05, 3.63) is 35.4 Å². The molecular formula is C17H21NO4. The van der Waals surface area contributed by atoms with Crippen LogP contribution in [0.25, 0.3) is 0 Å². The van der Waals surface area contributed by atoms with Gasteiger partial charge in [-0.3, -0.25) is 9.59 Å². The number of amides is 1. The van der Waals surface area contributed by atoms with Gasteiger partial charge in [-0.1, -0.05) is 31.2 Å². The number of carbonyl (C=O) groups is 2. The van der Waals surface area contributed by atoms with Gasteiger partial charge in [0.1, 0.15) is 0 Å². The standard InChI is InChI=1S/C17H21NO4/c1-11(17(20)21)10-18(13-6-7-13)16(19)15-14-5-3-2-4-12(14)8-9-22-15/h2-5,11,13,15H,6-10H2,1H3,(H,20,21)/t11-,15-/m1/s1. The quantitative estimate of drug-likeness (QED) is 0.903. The summed E-state index contributed by atoms with van der Waals surface area (Å²) in [6.07, 6.45) is 2.12. The van der Waals surface area contributed by atoms with E-state index in [1.807, 2.05) is 24.3 Å². The van der Waals surface area contributed by atoms with Crippen molar-refractivity contribution in [3.8, 4) is 0 Å². The fourth-order valence-electron chi connectivity index (χ4n) is 2.93. The average molecular weight is 303 g/mol. The van der Waals surface area contributed by atoms with Crippen LogP contribution in [0.15, 0.2) is 24.3 Å². The van der Waals surface area contributed by atoms with Crippen molar-refractivity contribution in [2.24, 2.45) is 5.92 Å². The molecule has 0 saturated heterocycles. The van der Waals surface area contributed by atoms with Crippen LogP contribution in [0.2, 0.25) is 0 Å². The van der Waals surface area contributed by atoms with E-state index in [-0.39, 0.29) is 18.5 Å². The Morgan fingerprint density at radius 2 is 2.09 bits per heavy atom. The third-order valence-corrected chi connectivity index (χ3v) is 4.38. The van der Waals surface area contributed by atoms with Crippen LogP contribution in [0.1, 0.15) is 37.0 Å². The molecule has 1 heterocycles. The van der Waals surface area contributed by atoms with Gasteiger partial charge in [-0.15, -0.1) is 0 Å². The molecule has 2 atom stereocenters. The highest BCUT2D eigenvalue weighted by atomic mass is 16.5. The first kappa shape index (κ1) is 15.0. The van der Waals surface area contributed by atoms with E-state index in [1.54, 1.807) is 11.8 Å². The second kappa shape index (κ2) is 6.08. The molecule has 1 aliphatic carbocycles. The fraction of sp³-hybridized carbons (Fsp3) is 0.529. The van der Waals surface area contributed by atoms with Crippen molar-refractivity contribution in [1.82, 2.24) is 4.90 Å². The molecule has 1 saturated carbocycles. The first-order valence-corrected chi connectivity index (χ1v) is 7.80.